The number of nitrogens with one attached hydrogen (secondary N) is 2. The molecule has 2 amide bonds. The zero-order valence-corrected chi connectivity index (χ0v) is 18.5. The van der Waals surface area contributed by atoms with Gasteiger partial charge >= 0.3 is 12.0 Å². The Morgan fingerprint density at radius 2 is 1.93 bits per heavy atom. The summed E-state index contributed by atoms with van der Waals surface area (Å²) in [6, 6.07) is 10.1. The van der Waals surface area contributed by atoms with Crippen molar-refractivity contribution in [2.45, 2.75) is 24.8 Å². The molecule has 1 aliphatic heterocycles. The molecule has 0 saturated heterocycles. The maximum Gasteiger partial charge on any atom is 0.338 e. The molecule has 152 valence electrons. The molecule has 2 aromatic rings. The van der Waals surface area contributed by atoms with Crippen molar-refractivity contribution in [1.82, 2.24) is 10.6 Å². The van der Waals surface area contributed by atoms with Gasteiger partial charge in [-0.25, -0.2) is 9.59 Å². The number of carbonyl (C=O) groups excluding carboxylic acids is 2. The summed E-state index contributed by atoms with van der Waals surface area (Å²) in [7, 11) is 1.32. The minimum atomic E-state index is -0.609. The third-order valence-electron chi connectivity index (χ3n) is 4.56. The summed E-state index contributed by atoms with van der Waals surface area (Å²) in [5, 5.41) is 6.69. The fourth-order valence-corrected chi connectivity index (χ4v) is 4.67. The summed E-state index contributed by atoms with van der Waals surface area (Å²) in [5.41, 5.74) is 3.76. The van der Waals surface area contributed by atoms with Gasteiger partial charge in [0.1, 0.15) is 0 Å². The van der Waals surface area contributed by atoms with Gasteiger partial charge in [-0.05, 0) is 43.2 Å². The highest BCUT2D eigenvalue weighted by Crippen LogP contribution is 2.35. The molecule has 2 N–H and O–H groups in total. The number of rotatable bonds is 5. The van der Waals surface area contributed by atoms with Gasteiger partial charge in [0.15, 0.2) is 0 Å². The lowest BCUT2D eigenvalue weighted by Crippen LogP contribution is -2.46. The van der Waals surface area contributed by atoms with Crippen molar-refractivity contribution < 1.29 is 14.3 Å². The largest absolute Gasteiger partial charge is 0.466 e. The Morgan fingerprint density at radius 3 is 2.62 bits per heavy atom. The van der Waals surface area contributed by atoms with Crippen LogP contribution in [-0.2, 0) is 9.53 Å². The maximum absolute atomic E-state index is 12.7. The number of hydrogen-bond acceptors (Lipinski definition) is 4. The molecule has 0 bridgehead atoms. The molecule has 0 aromatic heterocycles. The number of thioether (sulfide) groups is 1. The standard InChI is InChI=1S/C21H20Cl2N2O3S/c1-11-4-6-14(12(2)8-11)19-18(20(26)28-3)16(24-21(27)25-19)10-29-17-9-13(22)5-7-15(17)23/h4-9,19H,10H2,1-3H3,(H2,24,25,27)/t19-/m1/s1. The summed E-state index contributed by atoms with van der Waals surface area (Å²) >= 11 is 13.7. The van der Waals surface area contributed by atoms with Crippen LogP contribution in [0.2, 0.25) is 10.0 Å². The molecule has 0 fully saturated rings. The SMILES string of the molecule is COC(=O)C1=C(CSc2cc(Cl)ccc2Cl)NC(=O)N[C@@H]1c1ccc(C)cc1C. The number of methoxy groups -OCH3 is 1. The first-order chi connectivity index (χ1) is 13.8. The summed E-state index contributed by atoms with van der Waals surface area (Å²) in [6.07, 6.45) is 0. The molecule has 1 atom stereocenters. The number of ether oxygens (including phenoxy) is 1. The van der Waals surface area contributed by atoms with Crippen LogP contribution in [0.3, 0.4) is 0 Å². The lowest BCUT2D eigenvalue weighted by molar-refractivity contribution is -0.136. The Morgan fingerprint density at radius 1 is 1.17 bits per heavy atom. The molecule has 2 aromatic carbocycles. The number of amides is 2. The minimum absolute atomic E-state index is 0.319. The fourth-order valence-electron chi connectivity index (χ4n) is 3.20. The normalized spacial score (nSPS) is 16.3. The molecular formula is C21H20Cl2N2O3S. The summed E-state index contributed by atoms with van der Waals surface area (Å²) in [6.45, 7) is 3.94. The average molecular weight is 451 g/mol. The Balaban J connectivity index is 2.01. The predicted molar refractivity (Wildman–Crippen MR) is 117 cm³/mol. The molecule has 3 rings (SSSR count). The monoisotopic (exact) mass is 450 g/mol. The van der Waals surface area contributed by atoms with Crippen LogP contribution in [0.4, 0.5) is 4.79 Å². The van der Waals surface area contributed by atoms with Crippen molar-refractivity contribution in [2.24, 2.45) is 0 Å². The first-order valence-corrected chi connectivity index (χ1v) is 10.6. The van der Waals surface area contributed by atoms with E-state index in [4.69, 9.17) is 27.9 Å². The van der Waals surface area contributed by atoms with Crippen molar-refractivity contribution >= 4 is 47.0 Å². The van der Waals surface area contributed by atoms with Gasteiger partial charge in [-0.2, -0.15) is 0 Å². The first-order valence-electron chi connectivity index (χ1n) is 8.84. The van der Waals surface area contributed by atoms with Crippen molar-refractivity contribution in [2.75, 3.05) is 12.9 Å². The molecule has 5 nitrogen and oxygen atoms in total. The number of aryl methyl sites for hydroxylation is 2. The van der Waals surface area contributed by atoms with Crippen LogP contribution in [-0.4, -0.2) is 24.9 Å². The van der Waals surface area contributed by atoms with Crippen LogP contribution >= 0.6 is 35.0 Å². The number of benzene rings is 2. The average Bonchev–Trinajstić information content (AvgIpc) is 2.67. The van der Waals surface area contributed by atoms with Gasteiger partial charge in [0.25, 0.3) is 0 Å². The smallest absolute Gasteiger partial charge is 0.338 e. The van der Waals surface area contributed by atoms with Crippen molar-refractivity contribution in [3.8, 4) is 0 Å². The molecule has 0 aliphatic carbocycles. The third-order valence-corrected chi connectivity index (χ3v) is 6.32. The molecule has 0 saturated carbocycles. The highest BCUT2D eigenvalue weighted by atomic mass is 35.5. The number of esters is 1. The van der Waals surface area contributed by atoms with Crippen LogP contribution in [0.15, 0.2) is 52.6 Å². The fraction of sp³-hybridized carbons (Fsp3) is 0.238. The predicted octanol–water partition coefficient (Wildman–Crippen LogP) is 5.18. The van der Waals surface area contributed by atoms with Crippen LogP contribution in [0.1, 0.15) is 22.7 Å². The van der Waals surface area contributed by atoms with E-state index >= 15 is 0 Å². The van der Waals surface area contributed by atoms with Crippen molar-refractivity contribution in [1.29, 1.82) is 0 Å². The van der Waals surface area contributed by atoms with E-state index in [-0.39, 0.29) is 6.03 Å². The zero-order valence-electron chi connectivity index (χ0n) is 16.1. The second-order valence-electron chi connectivity index (χ2n) is 6.64. The van der Waals surface area contributed by atoms with Gasteiger partial charge in [0.2, 0.25) is 0 Å². The molecule has 8 heteroatoms. The van der Waals surface area contributed by atoms with Crippen molar-refractivity contribution in [3.63, 3.8) is 0 Å². The Labute approximate surface area is 183 Å². The van der Waals surface area contributed by atoms with Gasteiger partial charge in [-0.1, -0.05) is 47.0 Å². The van der Waals surface area contributed by atoms with E-state index in [9.17, 15) is 9.59 Å². The van der Waals surface area contributed by atoms with Crippen LogP contribution in [0.5, 0.6) is 0 Å². The molecular weight excluding hydrogens is 431 g/mol. The minimum Gasteiger partial charge on any atom is -0.466 e. The quantitative estimate of drug-likeness (QED) is 0.486. The Kier molecular flexibility index (Phi) is 6.77. The topological polar surface area (TPSA) is 67.4 Å². The van der Waals surface area contributed by atoms with E-state index < -0.39 is 12.0 Å². The van der Waals surface area contributed by atoms with E-state index in [1.165, 1.54) is 18.9 Å². The Bertz CT molecular complexity index is 1010. The van der Waals surface area contributed by atoms with Gasteiger partial charge in [0.05, 0.1) is 23.7 Å². The Hall–Kier alpha value is -2.15. The van der Waals surface area contributed by atoms with E-state index in [1.54, 1.807) is 18.2 Å². The molecule has 0 spiro atoms. The van der Waals surface area contributed by atoms with Gasteiger partial charge < -0.3 is 15.4 Å². The summed E-state index contributed by atoms with van der Waals surface area (Å²) in [4.78, 5) is 25.8. The van der Waals surface area contributed by atoms with Gasteiger partial charge in [-0.3, -0.25) is 0 Å². The second-order valence-corrected chi connectivity index (χ2v) is 8.50. The van der Waals surface area contributed by atoms with Gasteiger partial charge in [-0.15, -0.1) is 11.8 Å². The van der Waals surface area contributed by atoms with E-state index in [0.717, 1.165) is 21.6 Å². The molecule has 1 heterocycles. The van der Waals surface area contributed by atoms with Crippen molar-refractivity contribution in [3.05, 3.63) is 74.4 Å². The number of carbonyl (C=O) groups is 2. The molecule has 1 aliphatic rings. The lowest BCUT2D eigenvalue weighted by Gasteiger charge is -2.30. The number of urea groups is 1. The van der Waals surface area contributed by atoms with E-state index in [2.05, 4.69) is 10.6 Å². The number of halogens is 2. The van der Waals surface area contributed by atoms with Crippen LogP contribution < -0.4 is 10.6 Å². The molecule has 0 radical (unpaired) electrons. The lowest BCUT2D eigenvalue weighted by atomic mass is 9.91. The highest BCUT2D eigenvalue weighted by Gasteiger charge is 2.34. The number of hydrogen-bond donors (Lipinski definition) is 2. The first kappa shape index (κ1) is 21.6. The highest BCUT2D eigenvalue weighted by molar-refractivity contribution is 7.99. The maximum atomic E-state index is 12.7. The second kappa shape index (κ2) is 9.11. The molecule has 29 heavy (non-hydrogen) atoms. The summed E-state index contributed by atoms with van der Waals surface area (Å²) < 4.78 is 5.02. The van der Waals surface area contributed by atoms with E-state index in [1.807, 2.05) is 32.0 Å². The van der Waals surface area contributed by atoms with Gasteiger partial charge in [0, 0.05) is 21.4 Å². The van der Waals surface area contributed by atoms with Crippen LogP contribution in [0, 0.1) is 13.8 Å². The summed E-state index contributed by atoms with van der Waals surface area (Å²) in [5.74, 6) is -0.186. The zero-order chi connectivity index (χ0) is 21.1. The third kappa shape index (κ3) is 4.89. The van der Waals surface area contributed by atoms with Crippen LogP contribution in [0.25, 0.3) is 0 Å². The van der Waals surface area contributed by atoms with E-state index in [0.29, 0.717) is 27.1 Å². The molecule has 0 unspecified atom stereocenters.